The molecule has 1 saturated heterocycles. The molecule has 1 rings (SSSR count). The first-order chi connectivity index (χ1) is 6.06. The fourth-order valence-electron chi connectivity index (χ4n) is 1.36. The van der Waals surface area contributed by atoms with E-state index in [2.05, 4.69) is 4.72 Å². The van der Waals surface area contributed by atoms with Gasteiger partial charge in [-0.05, 0) is 12.8 Å². The molecule has 13 heavy (non-hydrogen) atoms. The van der Waals surface area contributed by atoms with Crippen LogP contribution in [-0.2, 0) is 10.2 Å². The number of piperidine rings is 1. The van der Waals surface area contributed by atoms with Gasteiger partial charge in [0.05, 0.1) is 6.10 Å². The SMILES string of the molecule is CCNS(=O)(=O)N1CCC(O)CC1. The van der Waals surface area contributed by atoms with Crippen molar-refractivity contribution in [3.63, 3.8) is 0 Å². The number of nitrogens with zero attached hydrogens (tertiary/aromatic N) is 1. The van der Waals surface area contributed by atoms with E-state index in [1.54, 1.807) is 6.92 Å². The van der Waals surface area contributed by atoms with Gasteiger partial charge in [-0.1, -0.05) is 6.92 Å². The van der Waals surface area contributed by atoms with Crippen molar-refractivity contribution in [1.82, 2.24) is 9.03 Å². The molecule has 1 aliphatic rings. The van der Waals surface area contributed by atoms with Crippen LogP contribution in [0.2, 0.25) is 0 Å². The first kappa shape index (κ1) is 10.9. The highest BCUT2D eigenvalue weighted by Gasteiger charge is 2.25. The first-order valence-corrected chi connectivity index (χ1v) is 5.93. The van der Waals surface area contributed by atoms with Crippen molar-refractivity contribution in [3.8, 4) is 0 Å². The van der Waals surface area contributed by atoms with Gasteiger partial charge >= 0.3 is 0 Å². The van der Waals surface area contributed by atoms with Crippen molar-refractivity contribution in [1.29, 1.82) is 0 Å². The summed E-state index contributed by atoms with van der Waals surface area (Å²) in [6, 6.07) is 0. The van der Waals surface area contributed by atoms with E-state index in [-0.39, 0.29) is 6.10 Å². The minimum absolute atomic E-state index is 0.340. The number of aliphatic hydroxyl groups is 1. The van der Waals surface area contributed by atoms with Gasteiger partial charge in [0.1, 0.15) is 0 Å². The van der Waals surface area contributed by atoms with E-state index in [0.717, 1.165) is 0 Å². The zero-order valence-electron chi connectivity index (χ0n) is 7.73. The highest BCUT2D eigenvalue weighted by atomic mass is 32.2. The van der Waals surface area contributed by atoms with Crippen LogP contribution < -0.4 is 4.72 Å². The van der Waals surface area contributed by atoms with Gasteiger partial charge in [-0.2, -0.15) is 12.7 Å². The molecule has 0 saturated carbocycles. The fourth-order valence-corrected chi connectivity index (χ4v) is 2.60. The maximum absolute atomic E-state index is 11.4. The maximum Gasteiger partial charge on any atom is 0.279 e. The lowest BCUT2D eigenvalue weighted by molar-refractivity contribution is 0.112. The number of hydrogen-bond acceptors (Lipinski definition) is 3. The second-order valence-corrected chi connectivity index (χ2v) is 4.89. The molecule has 1 fully saturated rings. The number of nitrogens with one attached hydrogen (secondary N) is 1. The summed E-state index contributed by atoms with van der Waals surface area (Å²) in [7, 11) is -3.28. The van der Waals surface area contributed by atoms with Gasteiger partial charge in [0.25, 0.3) is 10.2 Å². The van der Waals surface area contributed by atoms with Crippen molar-refractivity contribution in [3.05, 3.63) is 0 Å². The minimum Gasteiger partial charge on any atom is -0.393 e. The third-order valence-electron chi connectivity index (χ3n) is 2.09. The molecule has 5 nitrogen and oxygen atoms in total. The maximum atomic E-state index is 11.4. The van der Waals surface area contributed by atoms with E-state index >= 15 is 0 Å². The van der Waals surface area contributed by atoms with Crippen LogP contribution in [0.5, 0.6) is 0 Å². The van der Waals surface area contributed by atoms with Crippen LogP contribution in [0.15, 0.2) is 0 Å². The highest BCUT2D eigenvalue weighted by molar-refractivity contribution is 7.87. The Kier molecular flexibility index (Phi) is 3.66. The molecule has 0 bridgehead atoms. The Morgan fingerprint density at radius 1 is 1.46 bits per heavy atom. The summed E-state index contributed by atoms with van der Waals surface area (Å²) in [6.45, 7) is 2.98. The fraction of sp³-hybridized carbons (Fsp3) is 1.00. The van der Waals surface area contributed by atoms with Crippen molar-refractivity contribution in [2.45, 2.75) is 25.9 Å². The Bertz CT molecular complexity index is 244. The van der Waals surface area contributed by atoms with Crippen LogP contribution in [0, 0.1) is 0 Å². The third kappa shape index (κ3) is 2.91. The zero-order chi connectivity index (χ0) is 9.90. The molecule has 2 N–H and O–H groups in total. The van der Waals surface area contributed by atoms with E-state index in [9.17, 15) is 13.5 Å². The van der Waals surface area contributed by atoms with Gasteiger partial charge in [-0.3, -0.25) is 0 Å². The molecule has 6 heteroatoms. The van der Waals surface area contributed by atoms with E-state index in [0.29, 0.717) is 32.5 Å². The number of aliphatic hydroxyl groups excluding tert-OH is 1. The molecule has 1 aliphatic heterocycles. The molecule has 0 radical (unpaired) electrons. The Hall–Kier alpha value is -0.170. The molecule has 0 spiro atoms. The normalized spacial score (nSPS) is 22.0. The van der Waals surface area contributed by atoms with E-state index in [1.165, 1.54) is 4.31 Å². The summed E-state index contributed by atoms with van der Waals surface area (Å²) in [5.74, 6) is 0. The second kappa shape index (κ2) is 4.36. The molecule has 0 unspecified atom stereocenters. The van der Waals surface area contributed by atoms with Crippen LogP contribution in [-0.4, -0.2) is 43.6 Å². The highest BCUT2D eigenvalue weighted by Crippen LogP contribution is 2.12. The van der Waals surface area contributed by atoms with Crippen LogP contribution in [0.25, 0.3) is 0 Å². The van der Waals surface area contributed by atoms with E-state index in [1.807, 2.05) is 0 Å². The first-order valence-electron chi connectivity index (χ1n) is 4.49. The van der Waals surface area contributed by atoms with Gasteiger partial charge < -0.3 is 5.11 Å². The molecular formula is C7H16N2O3S. The van der Waals surface area contributed by atoms with Crippen molar-refractivity contribution >= 4 is 10.2 Å². The molecule has 0 atom stereocenters. The van der Waals surface area contributed by atoms with Crippen LogP contribution in [0.1, 0.15) is 19.8 Å². The Balaban J connectivity index is 2.53. The Morgan fingerprint density at radius 2 is 2.00 bits per heavy atom. The predicted octanol–water partition coefficient (Wildman–Crippen LogP) is -0.703. The third-order valence-corrected chi connectivity index (χ3v) is 3.79. The molecular weight excluding hydrogens is 192 g/mol. The second-order valence-electron chi connectivity index (χ2n) is 3.13. The molecule has 1 heterocycles. The van der Waals surface area contributed by atoms with Crippen LogP contribution in [0.4, 0.5) is 0 Å². The molecule has 0 aromatic carbocycles. The molecule has 0 amide bonds. The van der Waals surface area contributed by atoms with Gasteiger partial charge in [0, 0.05) is 19.6 Å². The monoisotopic (exact) mass is 208 g/mol. The lowest BCUT2D eigenvalue weighted by Crippen LogP contribution is -2.45. The molecule has 0 aromatic heterocycles. The van der Waals surface area contributed by atoms with Gasteiger partial charge in [-0.25, -0.2) is 4.72 Å². The van der Waals surface area contributed by atoms with Gasteiger partial charge in [0.15, 0.2) is 0 Å². The average Bonchev–Trinajstić information content (AvgIpc) is 2.05. The minimum atomic E-state index is -3.28. The summed E-state index contributed by atoms with van der Waals surface area (Å²) in [5, 5.41) is 9.18. The van der Waals surface area contributed by atoms with Crippen molar-refractivity contribution < 1.29 is 13.5 Å². The van der Waals surface area contributed by atoms with Crippen LogP contribution >= 0.6 is 0 Å². The van der Waals surface area contributed by atoms with E-state index in [4.69, 9.17) is 0 Å². The molecule has 78 valence electrons. The molecule has 0 aliphatic carbocycles. The lowest BCUT2D eigenvalue weighted by Gasteiger charge is -2.28. The molecule has 0 aromatic rings. The number of hydrogen-bond donors (Lipinski definition) is 2. The van der Waals surface area contributed by atoms with Gasteiger partial charge in [0.2, 0.25) is 0 Å². The van der Waals surface area contributed by atoms with Crippen LogP contribution in [0.3, 0.4) is 0 Å². The average molecular weight is 208 g/mol. The van der Waals surface area contributed by atoms with Gasteiger partial charge in [-0.15, -0.1) is 0 Å². The summed E-state index contributed by atoms with van der Waals surface area (Å²) < 4.78 is 26.7. The lowest BCUT2D eigenvalue weighted by atomic mass is 10.1. The standard InChI is InChI=1S/C7H16N2O3S/c1-2-8-13(11,12)9-5-3-7(10)4-6-9/h7-8,10H,2-6H2,1H3. The Morgan fingerprint density at radius 3 is 2.46 bits per heavy atom. The zero-order valence-corrected chi connectivity index (χ0v) is 8.55. The van der Waals surface area contributed by atoms with E-state index < -0.39 is 10.2 Å². The summed E-state index contributed by atoms with van der Waals surface area (Å²) >= 11 is 0. The summed E-state index contributed by atoms with van der Waals surface area (Å²) in [4.78, 5) is 0. The predicted molar refractivity (Wildman–Crippen MR) is 49.4 cm³/mol. The smallest absolute Gasteiger partial charge is 0.279 e. The van der Waals surface area contributed by atoms with Crippen molar-refractivity contribution in [2.75, 3.05) is 19.6 Å². The summed E-state index contributed by atoms with van der Waals surface area (Å²) in [5.41, 5.74) is 0. The topological polar surface area (TPSA) is 69.6 Å². The number of rotatable bonds is 3. The summed E-state index contributed by atoms with van der Waals surface area (Å²) in [6.07, 6.45) is 0.725. The quantitative estimate of drug-likeness (QED) is 0.644. The van der Waals surface area contributed by atoms with Crippen molar-refractivity contribution in [2.24, 2.45) is 0 Å². The Labute approximate surface area is 78.9 Å². The largest absolute Gasteiger partial charge is 0.393 e.